The predicted octanol–water partition coefficient (Wildman–Crippen LogP) is 2.78. The van der Waals surface area contributed by atoms with Gasteiger partial charge in [0, 0.05) is 12.6 Å². The molecule has 17 heavy (non-hydrogen) atoms. The maximum atomic E-state index is 13.1. The minimum atomic E-state index is -4.23. The standard InChI is InChI=1S/C12H23F3N2/c1-4-9(16)10(12(13,14)15)17-7-5-6-11(2,3)8-17/h9-10H,4-8,16H2,1-3H3. The number of halogens is 3. The van der Waals surface area contributed by atoms with Gasteiger partial charge in [-0.1, -0.05) is 20.8 Å². The van der Waals surface area contributed by atoms with E-state index in [-0.39, 0.29) is 5.41 Å². The second-order valence-electron chi connectivity index (χ2n) is 5.80. The summed E-state index contributed by atoms with van der Waals surface area (Å²) in [6.07, 6.45) is -2.09. The summed E-state index contributed by atoms with van der Waals surface area (Å²) in [6, 6.07) is -2.32. The Morgan fingerprint density at radius 2 is 1.94 bits per heavy atom. The molecule has 102 valence electrons. The minimum Gasteiger partial charge on any atom is -0.326 e. The summed E-state index contributed by atoms with van der Waals surface area (Å²) in [4.78, 5) is 1.53. The Morgan fingerprint density at radius 3 is 2.35 bits per heavy atom. The quantitative estimate of drug-likeness (QED) is 0.837. The monoisotopic (exact) mass is 252 g/mol. The molecule has 1 rings (SSSR count). The van der Waals surface area contributed by atoms with Crippen LogP contribution in [0.3, 0.4) is 0 Å². The van der Waals surface area contributed by atoms with Crippen LogP contribution < -0.4 is 5.73 Å². The number of likely N-dealkylation sites (tertiary alicyclic amines) is 1. The second kappa shape index (κ2) is 5.14. The summed E-state index contributed by atoms with van der Waals surface area (Å²) in [5, 5.41) is 0. The number of nitrogens with zero attached hydrogens (tertiary/aromatic N) is 1. The van der Waals surface area contributed by atoms with Crippen LogP contribution in [0.25, 0.3) is 0 Å². The van der Waals surface area contributed by atoms with Crippen LogP contribution in [0.5, 0.6) is 0 Å². The van der Waals surface area contributed by atoms with Crippen molar-refractivity contribution in [2.75, 3.05) is 13.1 Å². The highest BCUT2D eigenvalue weighted by molar-refractivity contribution is 4.92. The summed E-state index contributed by atoms with van der Waals surface area (Å²) >= 11 is 0. The van der Waals surface area contributed by atoms with Crippen molar-refractivity contribution in [2.45, 2.75) is 58.3 Å². The van der Waals surface area contributed by atoms with E-state index in [2.05, 4.69) is 0 Å². The SMILES string of the molecule is CCC(N)C(N1CCCC(C)(C)C1)C(F)(F)F. The van der Waals surface area contributed by atoms with E-state index in [9.17, 15) is 13.2 Å². The Bertz CT molecular complexity index is 251. The fraction of sp³-hybridized carbons (Fsp3) is 1.00. The highest BCUT2D eigenvalue weighted by Gasteiger charge is 2.48. The fourth-order valence-corrected chi connectivity index (χ4v) is 2.65. The molecular formula is C12H23F3N2. The molecule has 0 aromatic rings. The van der Waals surface area contributed by atoms with Gasteiger partial charge in [0.1, 0.15) is 6.04 Å². The molecule has 0 spiro atoms. The summed E-state index contributed by atoms with van der Waals surface area (Å²) in [7, 11) is 0. The zero-order chi connectivity index (χ0) is 13.3. The molecule has 1 heterocycles. The maximum Gasteiger partial charge on any atom is 0.405 e. The molecule has 2 N–H and O–H groups in total. The van der Waals surface area contributed by atoms with Crippen LogP contribution in [0.15, 0.2) is 0 Å². The van der Waals surface area contributed by atoms with Crippen molar-refractivity contribution in [1.82, 2.24) is 4.90 Å². The van der Waals surface area contributed by atoms with E-state index < -0.39 is 18.3 Å². The van der Waals surface area contributed by atoms with E-state index in [4.69, 9.17) is 5.73 Å². The molecule has 0 bridgehead atoms. The zero-order valence-electron chi connectivity index (χ0n) is 10.8. The van der Waals surface area contributed by atoms with Crippen molar-refractivity contribution >= 4 is 0 Å². The van der Waals surface area contributed by atoms with Crippen molar-refractivity contribution in [1.29, 1.82) is 0 Å². The first-order valence-corrected chi connectivity index (χ1v) is 6.24. The summed E-state index contributed by atoms with van der Waals surface area (Å²) < 4.78 is 39.2. The van der Waals surface area contributed by atoms with E-state index in [1.807, 2.05) is 13.8 Å². The van der Waals surface area contributed by atoms with Gasteiger partial charge in [0.2, 0.25) is 0 Å². The molecule has 2 nitrogen and oxygen atoms in total. The number of rotatable bonds is 3. The van der Waals surface area contributed by atoms with Crippen molar-refractivity contribution in [3.05, 3.63) is 0 Å². The van der Waals surface area contributed by atoms with Crippen molar-refractivity contribution < 1.29 is 13.2 Å². The molecule has 1 fully saturated rings. The van der Waals surface area contributed by atoms with E-state index in [0.717, 1.165) is 12.8 Å². The summed E-state index contributed by atoms with van der Waals surface area (Å²) in [5.41, 5.74) is 5.61. The first-order chi connectivity index (χ1) is 7.67. The van der Waals surface area contributed by atoms with Crippen molar-refractivity contribution in [3.8, 4) is 0 Å². The Kier molecular flexibility index (Phi) is 4.47. The molecule has 0 radical (unpaired) electrons. The lowest BCUT2D eigenvalue weighted by molar-refractivity contribution is -0.196. The molecule has 2 unspecified atom stereocenters. The average molecular weight is 252 g/mol. The Hall–Kier alpha value is -0.290. The van der Waals surface area contributed by atoms with Gasteiger partial charge in [-0.3, -0.25) is 4.90 Å². The highest BCUT2D eigenvalue weighted by atomic mass is 19.4. The Morgan fingerprint density at radius 1 is 1.35 bits per heavy atom. The van der Waals surface area contributed by atoms with Crippen molar-refractivity contribution in [2.24, 2.45) is 11.1 Å². The lowest BCUT2D eigenvalue weighted by atomic mass is 9.83. The van der Waals surface area contributed by atoms with Gasteiger partial charge in [-0.2, -0.15) is 13.2 Å². The predicted molar refractivity (Wildman–Crippen MR) is 62.7 cm³/mol. The fourth-order valence-electron chi connectivity index (χ4n) is 2.65. The molecule has 0 saturated carbocycles. The van der Waals surface area contributed by atoms with Crippen molar-refractivity contribution in [3.63, 3.8) is 0 Å². The Labute approximate surface area is 101 Å². The molecule has 0 aliphatic carbocycles. The van der Waals surface area contributed by atoms with Gasteiger partial charge >= 0.3 is 6.18 Å². The van der Waals surface area contributed by atoms with Gasteiger partial charge in [-0.15, -0.1) is 0 Å². The van der Waals surface area contributed by atoms with Gasteiger partial charge in [0.15, 0.2) is 0 Å². The third kappa shape index (κ3) is 3.85. The molecule has 0 aromatic carbocycles. The van der Waals surface area contributed by atoms with Crippen LogP contribution in [-0.2, 0) is 0 Å². The summed E-state index contributed by atoms with van der Waals surface area (Å²) in [5.74, 6) is 0. The highest BCUT2D eigenvalue weighted by Crippen LogP contribution is 2.35. The summed E-state index contributed by atoms with van der Waals surface area (Å²) in [6.45, 7) is 6.72. The lowest BCUT2D eigenvalue weighted by Gasteiger charge is -2.44. The van der Waals surface area contributed by atoms with E-state index >= 15 is 0 Å². The average Bonchev–Trinajstić information content (AvgIpc) is 2.13. The van der Waals surface area contributed by atoms with Crippen LogP contribution in [0.2, 0.25) is 0 Å². The molecular weight excluding hydrogens is 229 g/mol. The van der Waals surface area contributed by atoms with Crippen LogP contribution in [0.1, 0.15) is 40.0 Å². The van der Waals surface area contributed by atoms with Crippen LogP contribution in [-0.4, -0.2) is 36.2 Å². The van der Waals surface area contributed by atoms with E-state index in [0.29, 0.717) is 19.5 Å². The first-order valence-electron chi connectivity index (χ1n) is 6.24. The molecule has 1 saturated heterocycles. The number of nitrogens with two attached hydrogens (primary N) is 1. The lowest BCUT2D eigenvalue weighted by Crippen LogP contribution is -2.59. The molecule has 1 aliphatic rings. The van der Waals surface area contributed by atoms with E-state index in [1.54, 1.807) is 6.92 Å². The Balaban J connectivity index is 2.83. The molecule has 2 atom stereocenters. The number of alkyl halides is 3. The molecule has 1 aliphatic heterocycles. The van der Waals surface area contributed by atoms with Gasteiger partial charge in [0.05, 0.1) is 0 Å². The van der Waals surface area contributed by atoms with Gasteiger partial charge in [0.25, 0.3) is 0 Å². The smallest absolute Gasteiger partial charge is 0.326 e. The van der Waals surface area contributed by atoms with Gasteiger partial charge in [-0.25, -0.2) is 0 Å². The molecule has 5 heteroatoms. The molecule has 0 amide bonds. The third-order valence-corrected chi connectivity index (χ3v) is 3.54. The largest absolute Gasteiger partial charge is 0.405 e. The van der Waals surface area contributed by atoms with Crippen LogP contribution in [0, 0.1) is 5.41 Å². The third-order valence-electron chi connectivity index (χ3n) is 3.54. The van der Waals surface area contributed by atoms with Crippen LogP contribution >= 0.6 is 0 Å². The second-order valence-corrected chi connectivity index (χ2v) is 5.80. The maximum absolute atomic E-state index is 13.1. The zero-order valence-corrected chi connectivity index (χ0v) is 10.8. The number of hydrogen-bond acceptors (Lipinski definition) is 2. The molecule has 0 aromatic heterocycles. The van der Waals surface area contributed by atoms with Crippen LogP contribution in [0.4, 0.5) is 13.2 Å². The number of hydrogen-bond donors (Lipinski definition) is 1. The first kappa shape index (κ1) is 14.8. The normalized spacial score (nSPS) is 25.6. The van der Waals surface area contributed by atoms with E-state index in [1.165, 1.54) is 4.90 Å². The van der Waals surface area contributed by atoms with Gasteiger partial charge in [-0.05, 0) is 31.2 Å². The topological polar surface area (TPSA) is 29.3 Å². The minimum absolute atomic E-state index is 0.0464. The number of piperidine rings is 1. The van der Waals surface area contributed by atoms with Gasteiger partial charge < -0.3 is 5.73 Å².